The number of hydrogen-bond acceptors (Lipinski definition) is 0. The van der Waals surface area contributed by atoms with Gasteiger partial charge < -0.3 is 0 Å². The van der Waals surface area contributed by atoms with Gasteiger partial charge in [-0.3, -0.25) is 0 Å². The van der Waals surface area contributed by atoms with Gasteiger partial charge in [0, 0.05) is 0 Å². The third-order valence-corrected chi connectivity index (χ3v) is 1.42. The molecule has 0 fully saturated rings. The summed E-state index contributed by atoms with van der Waals surface area (Å²) in [5, 5.41) is 10.7. The SMILES string of the molecule is C=CC([O])C1=CCC1. The van der Waals surface area contributed by atoms with Crippen LogP contribution in [0.1, 0.15) is 12.8 Å². The van der Waals surface area contributed by atoms with Crippen molar-refractivity contribution >= 4 is 0 Å². The van der Waals surface area contributed by atoms with Crippen LogP contribution < -0.4 is 0 Å². The van der Waals surface area contributed by atoms with E-state index in [1.807, 2.05) is 6.08 Å². The summed E-state index contributed by atoms with van der Waals surface area (Å²) < 4.78 is 0. The molecule has 0 bridgehead atoms. The van der Waals surface area contributed by atoms with Gasteiger partial charge in [0.15, 0.2) is 0 Å². The van der Waals surface area contributed by atoms with Crippen LogP contribution in [0, 0.1) is 0 Å². The van der Waals surface area contributed by atoms with Crippen molar-refractivity contribution in [1.82, 2.24) is 0 Å². The molecule has 8 heavy (non-hydrogen) atoms. The lowest BCUT2D eigenvalue weighted by Gasteiger charge is -2.14. The topological polar surface area (TPSA) is 19.9 Å². The standard InChI is InChI=1S/C7H9O/c1-2-7(8)6-4-3-5-6/h2,4,7H,1,3,5H2. The third-order valence-electron chi connectivity index (χ3n) is 1.42. The van der Waals surface area contributed by atoms with Gasteiger partial charge in [0.25, 0.3) is 0 Å². The molecule has 1 nitrogen and oxygen atoms in total. The molecule has 1 radical (unpaired) electrons. The van der Waals surface area contributed by atoms with E-state index in [-0.39, 0.29) is 0 Å². The molecule has 0 spiro atoms. The molecule has 0 saturated carbocycles. The quantitative estimate of drug-likeness (QED) is 0.481. The molecule has 0 aromatic carbocycles. The molecule has 0 aliphatic heterocycles. The predicted octanol–water partition coefficient (Wildman–Crippen LogP) is 1.69. The third kappa shape index (κ3) is 0.819. The average Bonchev–Trinajstić information content (AvgIpc) is 1.62. The summed E-state index contributed by atoms with van der Waals surface area (Å²) >= 11 is 0. The highest BCUT2D eigenvalue weighted by atomic mass is 16.3. The first-order valence-corrected chi connectivity index (χ1v) is 2.82. The second-order valence-corrected chi connectivity index (χ2v) is 1.97. The maximum atomic E-state index is 10.7. The Morgan fingerprint density at radius 3 is 2.62 bits per heavy atom. The lowest BCUT2D eigenvalue weighted by atomic mass is 9.94. The zero-order chi connectivity index (χ0) is 5.98. The van der Waals surface area contributed by atoms with Crippen molar-refractivity contribution in [2.45, 2.75) is 18.9 Å². The Balaban J connectivity index is 2.45. The van der Waals surface area contributed by atoms with Crippen molar-refractivity contribution < 1.29 is 5.11 Å². The molecule has 0 aromatic heterocycles. The molecule has 0 amide bonds. The van der Waals surface area contributed by atoms with Crippen LogP contribution in [0.2, 0.25) is 0 Å². The van der Waals surface area contributed by atoms with Crippen LogP contribution in [-0.4, -0.2) is 6.10 Å². The molecule has 0 aromatic rings. The molecule has 1 aliphatic rings. The zero-order valence-electron chi connectivity index (χ0n) is 4.76. The molecular weight excluding hydrogens is 100 g/mol. The van der Waals surface area contributed by atoms with Gasteiger partial charge >= 0.3 is 0 Å². The van der Waals surface area contributed by atoms with Crippen LogP contribution >= 0.6 is 0 Å². The van der Waals surface area contributed by atoms with Gasteiger partial charge in [-0.1, -0.05) is 12.2 Å². The van der Waals surface area contributed by atoms with Crippen molar-refractivity contribution in [2.24, 2.45) is 0 Å². The summed E-state index contributed by atoms with van der Waals surface area (Å²) in [7, 11) is 0. The second-order valence-electron chi connectivity index (χ2n) is 1.97. The van der Waals surface area contributed by atoms with Crippen LogP contribution in [-0.2, 0) is 5.11 Å². The summed E-state index contributed by atoms with van der Waals surface area (Å²) in [5.41, 5.74) is 1.01. The van der Waals surface area contributed by atoms with E-state index in [2.05, 4.69) is 6.58 Å². The zero-order valence-corrected chi connectivity index (χ0v) is 4.76. The van der Waals surface area contributed by atoms with E-state index in [0.717, 1.165) is 18.4 Å². The van der Waals surface area contributed by atoms with Gasteiger partial charge in [0.1, 0.15) is 6.10 Å². The number of hydrogen-bond donors (Lipinski definition) is 0. The number of allylic oxidation sites excluding steroid dienone is 1. The Morgan fingerprint density at radius 1 is 1.88 bits per heavy atom. The first-order valence-electron chi connectivity index (χ1n) is 2.82. The van der Waals surface area contributed by atoms with E-state index in [4.69, 9.17) is 0 Å². The largest absolute Gasteiger partial charge is 0.224 e. The maximum absolute atomic E-state index is 10.7. The van der Waals surface area contributed by atoms with Crippen molar-refractivity contribution in [2.75, 3.05) is 0 Å². The first kappa shape index (κ1) is 5.57. The Morgan fingerprint density at radius 2 is 2.50 bits per heavy atom. The molecule has 0 heterocycles. The molecule has 0 saturated heterocycles. The Bertz CT molecular complexity index is 124. The molecule has 43 valence electrons. The van der Waals surface area contributed by atoms with E-state index in [9.17, 15) is 5.11 Å². The lowest BCUT2D eigenvalue weighted by Crippen LogP contribution is -2.09. The highest BCUT2D eigenvalue weighted by molar-refractivity contribution is 5.20. The van der Waals surface area contributed by atoms with Crippen molar-refractivity contribution in [3.05, 3.63) is 24.3 Å². The van der Waals surface area contributed by atoms with Crippen molar-refractivity contribution in [1.29, 1.82) is 0 Å². The molecular formula is C7H9O. The summed E-state index contributed by atoms with van der Waals surface area (Å²) in [6, 6.07) is 0. The van der Waals surface area contributed by atoms with Gasteiger partial charge in [0.2, 0.25) is 0 Å². The molecule has 1 aliphatic carbocycles. The summed E-state index contributed by atoms with van der Waals surface area (Å²) in [6.07, 6.45) is 4.88. The fourth-order valence-electron chi connectivity index (χ4n) is 0.721. The minimum Gasteiger partial charge on any atom is -0.224 e. The molecule has 1 heteroatoms. The van der Waals surface area contributed by atoms with Crippen molar-refractivity contribution in [3.8, 4) is 0 Å². The number of rotatable bonds is 2. The van der Waals surface area contributed by atoms with Gasteiger partial charge in [0.05, 0.1) is 0 Å². The predicted molar refractivity (Wildman–Crippen MR) is 32.0 cm³/mol. The molecule has 1 unspecified atom stereocenters. The maximum Gasteiger partial charge on any atom is 0.132 e. The van der Waals surface area contributed by atoms with Gasteiger partial charge in [-0.05, 0) is 18.4 Å². The molecule has 0 N–H and O–H groups in total. The summed E-state index contributed by atoms with van der Waals surface area (Å²) in [5.74, 6) is 0. The monoisotopic (exact) mass is 109 g/mol. The Labute approximate surface area is 49.3 Å². The average molecular weight is 109 g/mol. The summed E-state index contributed by atoms with van der Waals surface area (Å²) in [6.45, 7) is 3.41. The summed E-state index contributed by atoms with van der Waals surface area (Å²) in [4.78, 5) is 0. The van der Waals surface area contributed by atoms with Crippen molar-refractivity contribution in [3.63, 3.8) is 0 Å². The fourth-order valence-corrected chi connectivity index (χ4v) is 0.721. The minimum absolute atomic E-state index is 0.622. The lowest BCUT2D eigenvalue weighted by molar-refractivity contribution is 0.153. The van der Waals surface area contributed by atoms with E-state index in [0.29, 0.717) is 0 Å². The fraction of sp³-hybridized carbons (Fsp3) is 0.429. The Hall–Kier alpha value is -0.560. The van der Waals surface area contributed by atoms with E-state index in [1.165, 1.54) is 6.08 Å². The van der Waals surface area contributed by atoms with Crippen LogP contribution in [0.5, 0.6) is 0 Å². The Kier molecular flexibility index (Phi) is 1.49. The van der Waals surface area contributed by atoms with Crippen LogP contribution in [0.25, 0.3) is 0 Å². The highest BCUT2D eigenvalue weighted by Crippen LogP contribution is 2.21. The van der Waals surface area contributed by atoms with Crippen LogP contribution in [0.3, 0.4) is 0 Å². The van der Waals surface area contributed by atoms with E-state index in [1.54, 1.807) is 0 Å². The van der Waals surface area contributed by atoms with E-state index >= 15 is 0 Å². The first-order chi connectivity index (χ1) is 3.84. The van der Waals surface area contributed by atoms with Crippen LogP contribution in [0.15, 0.2) is 24.3 Å². The smallest absolute Gasteiger partial charge is 0.132 e. The second kappa shape index (κ2) is 2.14. The molecule has 1 atom stereocenters. The normalized spacial score (nSPS) is 20.9. The van der Waals surface area contributed by atoms with Gasteiger partial charge in [-0.2, -0.15) is 0 Å². The van der Waals surface area contributed by atoms with Gasteiger partial charge in [-0.15, -0.1) is 6.58 Å². The van der Waals surface area contributed by atoms with E-state index < -0.39 is 6.10 Å². The van der Waals surface area contributed by atoms with Crippen LogP contribution in [0.4, 0.5) is 0 Å². The van der Waals surface area contributed by atoms with Gasteiger partial charge in [-0.25, -0.2) is 5.11 Å². The highest BCUT2D eigenvalue weighted by Gasteiger charge is 2.12. The minimum atomic E-state index is -0.622. The molecule has 1 rings (SSSR count).